The van der Waals surface area contributed by atoms with Crippen molar-refractivity contribution < 1.29 is 19.4 Å². The van der Waals surface area contributed by atoms with Gasteiger partial charge in [-0.15, -0.1) is 0 Å². The number of carboxylic acids is 1. The van der Waals surface area contributed by atoms with Crippen molar-refractivity contribution in [3.8, 4) is 5.40 Å². The number of esters is 1. The zero-order valence-electron chi connectivity index (χ0n) is 15.3. The molecule has 0 spiro atoms. The number of thiocyanates is 1. The van der Waals surface area contributed by atoms with Crippen LogP contribution in [0.4, 0.5) is 0 Å². The maximum Gasteiger partial charge on any atom is 0.314 e. The number of rotatable bonds is 5. The van der Waals surface area contributed by atoms with Crippen LogP contribution in [-0.4, -0.2) is 28.9 Å². The van der Waals surface area contributed by atoms with E-state index in [1.807, 2.05) is 13.8 Å². The molecule has 2 unspecified atom stereocenters. The van der Waals surface area contributed by atoms with Gasteiger partial charge in [0, 0.05) is 5.41 Å². The predicted octanol–water partition coefficient (Wildman–Crippen LogP) is 4.08. The average molecular weight is 356 g/mol. The van der Waals surface area contributed by atoms with Gasteiger partial charge in [-0.3, -0.25) is 9.59 Å². The molecule has 4 atom stereocenters. The van der Waals surface area contributed by atoms with Crippen molar-refractivity contribution in [2.24, 2.45) is 22.7 Å². The summed E-state index contributed by atoms with van der Waals surface area (Å²) in [6, 6.07) is 0. The Balaban J connectivity index is 0.000000351. The second kappa shape index (κ2) is 8.24. The highest BCUT2D eigenvalue weighted by Gasteiger charge is 2.62. The molecule has 1 N–H and O–H groups in total. The summed E-state index contributed by atoms with van der Waals surface area (Å²) in [5.74, 6) is -0.298. The number of thioether (sulfide) groups is 1. The fourth-order valence-corrected chi connectivity index (χ4v) is 4.01. The lowest BCUT2D eigenvalue weighted by Gasteiger charge is -2.38. The third-order valence-electron chi connectivity index (χ3n) is 6.25. The smallest absolute Gasteiger partial charge is 0.314 e. The average Bonchev–Trinajstić information content (AvgIpc) is 2.85. The van der Waals surface area contributed by atoms with Gasteiger partial charge in [0.25, 0.3) is 0 Å². The Morgan fingerprint density at radius 2 is 2.04 bits per heavy atom. The molecule has 6 heteroatoms. The first-order valence-corrected chi connectivity index (χ1v) is 9.51. The number of carbonyl (C=O) groups excluding carboxylic acids is 1. The Bertz CT molecular complexity index is 514. The standard InChI is InChI=1S/C15H26O2.C3H3NO2S/c1-6-10(2)13(16)17-12-9-11-7-8-15(12,5)14(11,3)4;4-2-7-1-3(5)6/h10-12H,6-9H2,1-5H3;1H2,(H,5,6)/t10?,11-,12?,15-;/m1./s1. The van der Waals surface area contributed by atoms with E-state index in [-0.39, 0.29) is 29.2 Å². The van der Waals surface area contributed by atoms with Crippen LogP contribution in [0.2, 0.25) is 0 Å². The van der Waals surface area contributed by atoms with E-state index in [2.05, 4.69) is 20.8 Å². The highest BCUT2D eigenvalue weighted by Crippen LogP contribution is 2.66. The zero-order chi connectivity index (χ0) is 18.5. The van der Waals surface area contributed by atoms with Crippen LogP contribution >= 0.6 is 11.8 Å². The van der Waals surface area contributed by atoms with Gasteiger partial charge in [-0.1, -0.05) is 34.6 Å². The molecule has 5 nitrogen and oxygen atoms in total. The number of ether oxygens (including phenoxy) is 1. The number of hydrogen-bond donors (Lipinski definition) is 1. The Labute approximate surface area is 149 Å². The van der Waals surface area contributed by atoms with Crippen molar-refractivity contribution in [2.45, 2.75) is 66.4 Å². The van der Waals surface area contributed by atoms with Gasteiger partial charge in [-0.2, -0.15) is 5.26 Å². The van der Waals surface area contributed by atoms with Crippen LogP contribution in [-0.2, 0) is 14.3 Å². The second-order valence-corrected chi connectivity index (χ2v) is 8.38. The van der Waals surface area contributed by atoms with E-state index in [9.17, 15) is 9.59 Å². The van der Waals surface area contributed by atoms with Crippen LogP contribution in [0, 0.1) is 33.3 Å². The van der Waals surface area contributed by atoms with Crippen molar-refractivity contribution in [1.29, 1.82) is 5.26 Å². The monoisotopic (exact) mass is 355 g/mol. The first-order chi connectivity index (χ1) is 11.1. The van der Waals surface area contributed by atoms with Gasteiger partial charge >= 0.3 is 11.9 Å². The SMILES string of the molecule is CCC(C)C(=O)OC1C[C@H]2CC[C@@]1(C)C2(C)C.N#CSCC(=O)O. The number of fused-ring (bicyclic) bond motifs is 2. The van der Waals surface area contributed by atoms with E-state index in [1.165, 1.54) is 12.8 Å². The molecule has 2 aliphatic carbocycles. The molecule has 0 aliphatic heterocycles. The summed E-state index contributed by atoms with van der Waals surface area (Å²) in [5, 5.41) is 17.3. The van der Waals surface area contributed by atoms with Gasteiger partial charge < -0.3 is 9.84 Å². The summed E-state index contributed by atoms with van der Waals surface area (Å²) in [4.78, 5) is 21.5. The third-order valence-corrected chi connectivity index (χ3v) is 6.77. The highest BCUT2D eigenvalue weighted by molar-refractivity contribution is 8.04. The molecule has 0 aromatic heterocycles. The largest absolute Gasteiger partial charge is 0.481 e. The first-order valence-electron chi connectivity index (χ1n) is 8.53. The minimum absolute atomic E-state index is 0.00192. The fourth-order valence-electron chi connectivity index (χ4n) is 3.83. The number of nitriles is 1. The van der Waals surface area contributed by atoms with Gasteiger partial charge in [0.2, 0.25) is 0 Å². The molecule has 0 radical (unpaired) electrons. The van der Waals surface area contributed by atoms with E-state index >= 15 is 0 Å². The number of carboxylic acid groups (broad SMARTS) is 1. The quantitative estimate of drug-likeness (QED) is 0.591. The molecular weight excluding hydrogens is 326 g/mol. The Morgan fingerprint density at radius 3 is 2.38 bits per heavy atom. The zero-order valence-corrected chi connectivity index (χ0v) is 16.1. The van der Waals surface area contributed by atoms with Crippen molar-refractivity contribution >= 4 is 23.7 Å². The van der Waals surface area contributed by atoms with Gasteiger partial charge in [-0.25, -0.2) is 0 Å². The summed E-state index contributed by atoms with van der Waals surface area (Å²) in [7, 11) is 0. The van der Waals surface area contributed by atoms with Gasteiger partial charge in [-0.05, 0) is 48.8 Å². The summed E-state index contributed by atoms with van der Waals surface area (Å²) >= 11 is 0.722. The Kier molecular flexibility index (Phi) is 7.15. The molecule has 136 valence electrons. The van der Waals surface area contributed by atoms with E-state index in [0.717, 1.165) is 30.5 Å². The molecule has 2 rings (SSSR count). The van der Waals surface area contributed by atoms with Gasteiger partial charge in [0.05, 0.1) is 5.92 Å². The topological polar surface area (TPSA) is 87.4 Å². The van der Waals surface area contributed by atoms with Crippen molar-refractivity contribution in [1.82, 2.24) is 0 Å². The van der Waals surface area contributed by atoms with Crippen molar-refractivity contribution in [3.63, 3.8) is 0 Å². The number of carbonyl (C=O) groups is 2. The predicted molar refractivity (Wildman–Crippen MR) is 94.3 cm³/mol. The molecule has 2 fully saturated rings. The molecule has 0 aromatic carbocycles. The summed E-state index contributed by atoms with van der Waals surface area (Å²) < 4.78 is 5.80. The lowest BCUT2D eigenvalue weighted by molar-refractivity contribution is -0.161. The summed E-state index contributed by atoms with van der Waals surface area (Å²) in [6.07, 6.45) is 4.61. The van der Waals surface area contributed by atoms with Gasteiger partial charge in [0.1, 0.15) is 17.3 Å². The lowest BCUT2D eigenvalue weighted by Crippen LogP contribution is -2.39. The highest BCUT2D eigenvalue weighted by atomic mass is 32.2. The molecule has 0 amide bonds. The third kappa shape index (κ3) is 4.24. The Hall–Kier alpha value is -1.22. The molecule has 0 heterocycles. The lowest BCUT2D eigenvalue weighted by atomic mass is 9.70. The van der Waals surface area contributed by atoms with Crippen LogP contribution in [0.15, 0.2) is 0 Å². The number of hydrogen-bond acceptors (Lipinski definition) is 5. The van der Waals surface area contributed by atoms with Crippen LogP contribution in [0.5, 0.6) is 0 Å². The van der Waals surface area contributed by atoms with E-state index in [0.29, 0.717) is 5.41 Å². The van der Waals surface area contributed by atoms with E-state index in [4.69, 9.17) is 15.1 Å². The van der Waals surface area contributed by atoms with Gasteiger partial charge in [0.15, 0.2) is 0 Å². The number of nitrogens with zero attached hydrogens (tertiary/aromatic N) is 1. The molecular formula is C18H29NO4S. The molecule has 0 aromatic rings. The molecule has 2 bridgehead atoms. The fraction of sp³-hybridized carbons (Fsp3) is 0.833. The normalized spacial score (nSPS) is 30.7. The van der Waals surface area contributed by atoms with Crippen molar-refractivity contribution in [3.05, 3.63) is 0 Å². The minimum Gasteiger partial charge on any atom is -0.481 e. The maximum atomic E-state index is 11.9. The van der Waals surface area contributed by atoms with Crippen LogP contribution < -0.4 is 0 Å². The number of aliphatic carboxylic acids is 1. The second-order valence-electron chi connectivity index (χ2n) is 7.62. The summed E-state index contributed by atoms with van der Waals surface area (Å²) in [5.41, 5.74) is 0.522. The molecule has 2 aliphatic rings. The first kappa shape index (κ1) is 20.8. The van der Waals surface area contributed by atoms with E-state index in [1.54, 1.807) is 5.40 Å². The van der Waals surface area contributed by atoms with Crippen LogP contribution in [0.1, 0.15) is 60.3 Å². The summed E-state index contributed by atoms with van der Waals surface area (Å²) in [6.45, 7) is 11.0. The van der Waals surface area contributed by atoms with E-state index < -0.39 is 5.97 Å². The molecule has 24 heavy (non-hydrogen) atoms. The van der Waals surface area contributed by atoms with Crippen LogP contribution in [0.25, 0.3) is 0 Å². The Morgan fingerprint density at radius 1 is 1.42 bits per heavy atom. The maximum absolute atomic E-state index is 11.9. The molecule has 2 saturated carbocycles. The van der Waals surface area contributed by atoms with Crippen LogP contribution in [0.3, 0.4) is 0 Å². The van der Waals surface area contributed by atoms with Crippen molar-refractivity contribution in [2.75, 3.05) is 5.75 Å². The minimum atomic E-state index is -0.952. The molecule has 0 saturated heterocycles.